The predicted molar refractivity (Wildman–Crippen MR) is 92.0 cm³/mol. The fourth-order valence-corrected chi connectivity index (χ4v) is 5.84. The molecular weight excluding hydrogens is 507 g/mol. The van der Waals surface area contributed by atoms with Crippen LogP contribution in [-0.4, -0.2) is 40.5 Å². The molecule has 32 heavy (non-hydrogen) atoms. The molecule has 3 rings (SSSR count). The molecule has 1 fully saturated rings. The molecule has 2 aliphatic heterocycles. The van der Waals surface area contributed by atoms with Crippen LogP contribution >= 0.6 is 23.5 Å². The normalized spacial score (nSPS) is 28.0. The van der Waals surface area contributed by atoms with Crippen LogP contribution in [0.2, 0.25) is 0 Å². The summed E-state index contributed by atoms with van der Waals surface area (Å²) in [5, 5.41) is 21.5. The molecule has 1 aromatic carbocycles. The Morgan fingerprint density at radius 1 is 1.12 bits per heavy atom. The average molecular weight is 521 g/mol. The molecule has 6 atom stereocenters. The minimum Gasteiger partial charge on any atom is -0.756 e. The molecule has 0 radical (unpaired) electrons. The zero-order valence-corrected chi connectivity index (χ0v) is 18.1. The van der Waals surface area contributed by atoms with E-state index in [0.717, 1.165) is 6.07 Å². The van der Waals surface area contributed by atoms with Crippen molar-refractivity contribution in [3.63, 3.8) is 0 Å². The topological polar surface area (TPSA) is 262 Å². The van der Waals surface area contributed by atoms with Crippen LogP contribution in [0.4, 0.5) is 5.69 Å². The van der Waals surface area contributed by atoms with Gasteiger partial charge < -0.3 is 43.4 Å². The monoisotopic (exact) mass is 521 g/mol. The molecular formula is C12H14NO16P3-2. The van der Waals surface area contributed by atoms with E-state index in [0.29, 0.717) is 0 Å². The Kier molecular flexibility index (Phi) is 7.13. The molecule has 1 saturated heterocycles. The first kappa shape index (κ1) is 25.2. The summed E-state index contributed by atoms with van der Waals surface area (Å²) in [6.07, 6.45) is -4.11. The Labute approximate surface area is 178 Å². The maximum absolute atomic E-state index is 11.6. The molecule has 0 saturated carbocycles. The minimum absolute atomic E-state index is 0.00135. The summed E-state index contributed by atoms with van der Waals surface area (Å²) in [5.41, 5.74) is -0.408. The highest BCUT2D eigenvalue weighted by atomic mass is 31.3. The van der Waals surface area contributed by atoms with Crippen molar-refractivity contribution >= 4 is 29.2 Å². The van der Waals surface area contributed by atoms with Gasteiger partial charge in [0.15, 0.2) is 11.5 Å². The van der Waals surface area contributed by atoms with Crippen LogP contribution in [-0.2, 0) is 31.6 Å². The van der Waals surface area contributed by atoms with Gasteiger partial charge in [-0.2, -0.15) is 0 Å². The van der Waals surface area contributed by atoms with Crippen molar-refractivity contribution in [2.45, 2.75) is 24.7 Å². The third-order valence-corrected chi connectivity index (χ3v) is 7.82. The van der Waals surface area contributed by atoms with Crippen molar-refractivity contribution in [1.82, 2.24) is 0 Å². The summed E-state index contributed by atoms with van der Waals surface area (Å²) < 4.78 is 60.1. The SMILES string of the molecule is O=[N+]([O-])c1cc2c(cc1[C@H]1CC(O)[C@@H](COP(=O)([O-])OP(=O)([O-])OP(=O)([O-])[OH2+])O1)OCO2. The van der Waals surface area contributed by atoms with Gasteiger partial charge in [-0.15, -0.1) is 0 Å². The Hall–Kier alpha value is -1.45. The molecule has 2 aliphatic rings. The second-order valence-electron chi connectivity index (χ2n) is 6.34. The molecule has 2 heterocycles. The van der Waals surface area contributed by atoms with Crippen LogP contribution < -0.4 is 24.2 Å². The molecule has 180 valence electrons. The first-order valence-electron chi connectivity index (χ1n) is 8.33. The zero-order valence-electron chi connectivity index (χ0n) is 15.5. The smallest absolute Gasteiger partial charge is 0.431 e. The van der Waals surface area contributed by atoms with Crippen LogP contribution in [0.15, 0.2) is 12.1 Å². The third kappa shape index (κ3) is 6.32. The van der Waals surface area contributed by atoms with E-state index in [1.54, 1.807) is 0 Å². The molecule has 3 N–H and O–H groups in total. The molecule has 1 aromatic rings. The number of hydrogen-bond acceptors (Lipinski definition) is 15. The van der Waals surface area contributed by atoms with E-state index in [9.17, 15) is 43.6 Å². The highest BCUT2D eigenvalue weighted by molar-refractivity contribution is 7.65. The van der Waals surface area contributed by atoms with Gasteiger partial charge >= 0.3 is 7.82 Å². The molecule has 17 nitrogen and oxygen atoms in total. The molecule has 4 unspecified atom stereocenters. The van der Waals surface area contributed by atoms with Crippen LogP contribution in [0.5, 0.6) is 11.5 Å². The van der Waals surface area contributed by atoms with Gasteiger partial charge in [0.2, 0.25) is 6.79 Å². The number of phosphoric ester groups is 1. The number of fused-ring (bicyclic) bond motifs is 1. The van der Waals surface area contributed by atoms with Crippen LogP contribution in [0, 0.1) is 10.1 Å². The first-order valence-corrected chi connectivity index (χ1v) is 12.8. The number of aliphatic hydroxyl groups is 1. The van der Waals surface area contributed by atoms with E-state index in [1.165, 1.54) is 6.07 Å². The van der Waals surface area contributed by atoms with Gasteiger partial charge in [-0.25, -0.2) is 13.2 Å². The second-order valence-corrected chi connectivity index (χ2v) is 10.7. The molecule has 0 amide bonds. The van der Waals surface area contributed by atoms with Gasteiger partial charge in [0, 0.05) is 6.42 Å². The zero-order chi connectivity index (χ0) is 23.9. The van der Waals surface area contributed by atoms with Crippen molar-refractivity contribution in [3.8, 4) is 11.5 Å². The summed E-state index contributed by atoms with van der Waals surface area (Å²) in [4.78, 5) is 50.4. The van der Waals surface area contributed by atoms with Crippen molar-refractivity contribution in [1.29, 1.82) is 0 Å². The number of rotatable bonds is 9. The summed E-state index contributed by atoms with van der Waals surface area (Å²) in [6, 6.07) is 2.37. The lowest BCUT2D eigenvalue weighted by Gasteiger charge is -2.31. The number of nitrogens with zero attached hydrogens (tertiary/aromatic N) is 1. The summed E-state index contributed by atoms with van der Waals surface area (Å²) in [6.45, 7) is -1.15. The number of benzene rings is 1. The first-order chi connectivity index (χ1) is 14.7. The summed E-state index contributed by atoms with van der Waals surface area (Å²) in [7, 11) is -17.4. The Bertz CT molecular complexity index is 1040. The lowest BCUT2D eigenvalue weighted by molar-refractivity contribution is -0.386. The number of aliphatic hydroxyl groups excluding tert-OH is 1. The quantitative estimate of drug-likeness (QED) is 0.171. The lowest BCUT2D eigenvalue weighted by Crippen LogP contribution is -2.27. The van der Waals surface area contributed by atoms with E-state index < -0.39 is 59.0 Å². The van der Waals surface area contributed by atoms with Crippen LogP contribution in [0.3, 0.4) is 0 Å². The highest BCUT2D eigenvalue weighted by Gasteiger charge is 2.40. The fraction of sp³-hybridized carbons (Fsp3) is 0.500. The number of nitro groups is 1. The third-order valence-electron chi connectivity index (χ3n) is 4.09. The standard InChI is InChI=1S/C12H16NO16P3/c14-8-3-9(6-1-10-11(25-5-24-10)2-7(6)13(15)16)27-12(8)4-26-31(20,21)29-32(22,23)28-30(17,18)19/h1-2,8-9,12,14H,3-5H2,(H,20,21)(H,22,23)(H2,17,18,19)/p-2/t8?,9-,12-/m1/s1. The molecule has 20 heteroatoms. The number of ether oxygens (including phenoxy) is 3. The van der Waals surface area contributed by atoms with E-state index in [2.05, 4.69) is 13.1 Å². The van der Waals surface area contributed by atoms with Crippen molar-refractivity contribution < 1.29 is 70.7 Å². The summed E-state index contributed by atoms with van der Waals surface area (Å²) >= 11 is 0. The number of phosphoric acid groups is 2. The van der Waals surface area contributed by atoms with E-state index in [4.69, 9.17) is 19.1 Å². The van der Waals surface area contributed by atoms with Crippen molar-refractivity contribution in [2.75, 3.05) is 13.4 Å². The Morgan fingerprint density at radius 3 is 2.34 bits per heavy atom. The van der Waals surface area contributed by atoms with Crippen molar-refractivity contribution in [2.24, 2.45) is 0 Å². The average Bonchev–Trinajstić information content (AvgIpc) is 3.21. The van der Waals surface area contributed by atoms with Gasteiger partial charge in [-0.05, 0) is 6.07 Å². The Morgan fingerprint density at radius 2 is 1.75 bits per heavy atom. The van der Waals surface area contributed by atoms with Gasteiger partial charge in [0.05, 0.1) is 35.4 Å². The van der Waals surface area contributed by atoms with Gasteiger partial charge in [0.25, 0.3) is 21.3 Å². The van der Waals surface area contributed by atoms with Gasteiger partial charge in [-0.1, -0.05) is 0 Å². The Balaban J connectivity index is 1.67. The molecule has 0 bridgehead atoms. The van der Waals surface area contributed by atoms with E-state index in [-0.39, 0.29) is 30.3 Å². The van der Waals surface area contributed by atoms with Crippen LogP contribution in [0.1, 0.15) is 18.1 Å². The molecule has 0 spiro atoms. The maximum Gasteiger partial charge on any atom is 0.431 e. The molecule has 0 aromatic heterocycles. The summed E-state index contributed by atoms with van der Waals surface area (Å²) in [5.74, 6) is 0.319. The van der Waals surface area contributed by atoms with Crippen molar-refractivity contribution in [3.05, 3.63) is 27.8 Å². The van der Waals surface area contributed by atoms with Gasteiger partial charge in [0.1, 0.15) is 6.10 Å². The van der Waals surface area contributed by atoms with Crippen LogP contribution in [0.25, 0.3) is 0 Å². The fourth-order valence-electron chi connectivity index (χ4n) is 2.90. The minimum atomic E-state index is -6.02. The lowest BCUT2D eigenvalue weighted by atomic mass is 10.0. The van der Waals surface area contributed by atoms with Gasteiger partial charge in [-0.3, -0.25) is 19.2 Å². The largest absolute Gasteiger partial charge is 0.756 e. The maximum atomic E-state index is 11.6. The number of hydrogen-bond donors (Lipinski definition) is 1. The predicted octanol–water partition coefficient (Wildman–Crippen LogP) is -1.31. The molecule has 0 aliphatic carbocycles. The van der Waals surface area contributed by atoms with E-state index >= 15 is 0 Å². The van der Waals surface area contributed by atoms with E-state index in [1.807, 2.05) is 0 Å². The second kappa shape index (κ2) is 9.06. The highest BCUT2D eigenvalue weighted by Crippen LogP contribution is 2.61. The number of nitro benzene ring substituents is 1.